The van der Waals surface area contributed by atoms with E-state index < -0.39 is 0 Å². The second-order valence-corrected chi connectivity index (χ2v) is 6.56. The van der Waals surface area contributed by atoms with Crippen LogP contribution in [0, 0.1) is 0 Å². The number of amides is 1. The Morgan fingerprint density at radius 3 is 3.00 bits per heavy atom. The van der Waals surface area contributed by atoms with E-state index in [1.165, 1.54) is 31.0 Å². The summed E-state index contributed by atoms with van der Waals surface area (Å²) in [6.45, 7) is 0.427. The van der Waals surface area contributed by atoms with Crippen molar-refractivity contribution in [1.82, 2.24) is 5.32 Å². The number of hydrogen-bond donors (Lipinski definition) is 1. The summed E-state index contributed by atoms with van der Waals surface area (Å²) in [4.78, 5) is 17.3. The Hall–Kier alpha value is -1.53. The molecule has 0 radical (unpaired) electrons. The first-order valence-corrected chi connectivity index (χ1v) is 8.42. The van der Waals surface area contributed by atoms with Gasteiger partial charge in [-0.2, -0.15) is 0 Å². The second-order valence-electron chi connectivity index (χ2n) is 5.53. The summed E-state index contributed by atoms with van der Waals surface area (Å²) < 4.78 is 10.6. The van der Waals surface area contributed by atoms with Crippen molar-refractivity contribution < 1.29 is 13.9 Å². The monoisotopic (exact) mass is 320 g/mol. The molecule has 1 aromatic heterocycles. The lowest BCUT2D eigenvalue weighted by Gasteiger charge is -2.17. The van der Waals surface area contributed by atoms with Gasteiger partial charge in [-0.05, 0) is 36.7 Å². The third-order valence-corrected chi connectivity index (χ3v) is 4.69. The number of amidine groups is 1. The summed E-state index contributed by atoms with van der Waals surface area (Å²) in [6, 6.07) is 4.04. The molecule has 0 atom stereocenters. The van der Waals surface area contributed by atoms with E-state index in [0.717, 1.165) is 18.6 Å². The molecule has 1 amide bonds. The maximum Gasteiger partial charge on any atom is 0.264 e. The Balaban J connectivity index is 1.68. The van der Waals surface area contributed by atoms with E-state index in [4.69, 9.17) is 9.15 Å². The van der Waals surface area contributed by atoms with Gasteiger partial charge in [-0.1, -0.05) is 19.3 Å². The van der Waals surface area contributed by atoms with Crippen molar-refractivity contribution in [2.24, 2.45) is 4.99 Å². The number of ether oxygens (including phenoxy) is 1. The number of nitrogens with zero attached hydrogens (tertiary/aromatic N) is 1. The first-order valence-electron chi connectivity index (χ1n) is 7.61. The molecule has 0 unspecified atom stereocenters. The number of rotatable bonds is 4. The highest BCUT2D eigenvalue weighted by Gasteiger charge is 2.25. The van der Waals surface area contributed by atoms with E-state index in [9.17, 15) is 4.79 Å². The minimum Gasteiger partial charge on any atom is -0.459 e. The lowest BCUT2D eigenvalue weighted by atomic mass is 9.96. The smallest absolute Gasteiger partial charge is 0.264 e. The molecule has 1 aliphatic heterocycles. The highest BCUT2D eigenvalue weighted by Crippen LogP contribution is 2.29. The van der Waals surface area contributed by atoms with Gasteiger partial charge in [0, 0.05) is 13.2 Å². The van der Waals surface area contributed by atoms with Gasteiger partial charge in [-0.3, -0.25) is 9.79 Å². The second kappa shape index (κ2) is 7.15. The number of carbonyl (C=O) groups is 1. The number of thioether (sulfide) groups is 1. The average Bonchev–Trinajstić information content (AvgIpc) is 3.08. The van der Waals surface area contributed by atoms with Crippen LogP contribution in [0.4, 0.5) is 0 Å². The SMILES string of the molecule is COCc1ccc(/C=C2/SC(=NC3CCCCC3)NC2=O)o1. The van der Waals surface area contributed by atoms with Crippen LogP contribution in [0.25, 0.3) is 6.08 Å². The number of methoxy groups -OCH3 is 1. The Morgan fingerprint density at radius 2 is 2.23 bits per heavy atom. The van der Waals surface area contributed by atoms with Gasteiger partial charge in [-0.15, -0.1) is 0 Å². The van der Waals surface area contributed by atoms with Crippen LogP contribution in [0.15, 0.2) is 26.4 Å². The molecule has 1 saturated heterocycles. The van der Waals surface area contributed by atoms with Gasteiger partial charge < -0.3 is 14.5 Å². The van der Waals surface area contributed by atoms with Gasteiger partial charge in [-0.25, -0.2) is 0 Å². The average molecular weight is 320 g/mol. The number of aliphatic imine (C=N–C) groups is 1. The fourth-order valence-corrected chi connectivity index (χ4v) is 3.56. The van der Waals surface area contributed by atoms with Crippen LogP contribution in [-0.2, 0) is 16.1 Å². The normalized spacial score (nSPS) is 23.4. The van der Waals surface area contributed by atoms with Crippen molar-refractivity contribution in [2.45, 2.75) is 44.8 Å². The molecule has 2 fully saturated rings. The van der Waals surface area contributed by atoms with Crippen LogP contribution in [0.1, 0.15) is 43.6 Å². The third kappa shape index (κ3) is 3.81. The van der Waals surface area contributed by atoms with Gasteiger partial charge in [0.1, 0.15) is 18.1 Å². The van der Waals surface area contributed by atoms with Crippen molar-refractivity contribution in [3.05, 3.63) is 28.6 Å². The molecular formula is C16H20N2O3S. The van der Waals surface area contributed by atoms with Crippen molar-refractivity contribution in [2.75, 3.05) is 7.11 Å². The number of hydrogen-bond acceptors (Lipinski definition) is 5. The molecule has 2 heterocycles. The van der Waals surface area contributed by atoms with Gasteiger partial charge in [0.25, 0.3) is 5.91 Å². The van der Waals surface area contributed by atoms with Gasteiger partial charge in [0.2, 0.25) is 0 Å². The van der Waals surface area contributed by atoms with Crippen molar-refractivity contribution in [3.8, 4) is 0 Å². The molecule has 1 aliphatic carbocycles. The fourth-order valence-electron chi connectivity index (χ4n) is 2.69. The molecule has 1 aromatic rings. The molecule has 118 valence electrons. The van der Waals surface area contributed by atoms with Gasteiger partial charge in [0.05, 0.1) is 10.9 Å². The summed E-state index contributed by atoms with van der Waals surface area (Å²) in [5, 5.41) is 3.56. The molecule has 1 N–H and O–H groups in total. The zero-order valence-electron chi connectivity index (χ0n) is 12.6. The largest absolute Gasteiger partial charge is 0.459 e. The highest BCUT2D eigenvalue weighted by molar-refractivity contribution is 8.18. The minimum absolute atomic E-state index is 0.107. The lowest BCUT2D eigenvalue weighted by Crippen LogP contribution is -2.22. The van der Waals surface area contributed by atoms with Gasteiger partial charge >= 0.3 is 0 Å². The number of nitrogens with one attached hydrogen (secondary N) is 1. The first-order chi connectivity index (χ1) is 10.7. The topological polar surface area (TPSA) is 63.8 Å². The summed E-state index contributed by atoms with van der Waals surface area (Å²) in [6.07, 6.45) is 7.76. The summed E-state index contributed by atoms with van der Waals surface area (Å²) in [7, 11) is 1.62. The molecule has 5 nitrogen and oxygen atoms in total. The lowest BCUT2D eigenvalue weighted by molar-refractivity contribution is -0.115. The predicted molar refractivity (Wildman–Crippen MR) is 87.4 cm³/mol. The third-order valence-electron chi connectivity index (χ3n) is 3.77. The summed E-state index contributed by atoms with van der Waals surface area (Å²) in [5.41, 5.74) is 0. The Kier molecular flexibility index (Phi) is 5.00. The number of furan rings is 1. The van der Waals surface area contributed by atoms with E-state index in [-0.39, 0.29) is 5.91 Å². The van der Waals surface area contributed by atoms with E-state index in [0.29, 0.717) is 28.5 Å². The molecule has 22 heavy (non-hydrogen) atoms. The van der Waals surface area contributed by atoms with Crippen LogP contribution in [0.5, 0.6) is 0 Å². The quantitative estimate of drug-likeness (QED) is 0.864. The Labute approximate surface area is 134 Å². The van der Waals surface area contributed by atoms with E-state index in [1.807, 2.05) is 12.1 Å². The van der Waals surface area contributed by atoms with Crippen LogP contribution < -0.4 is 5.32 Å². The van der Waals surface area contributed by atoms with E-state index in [2.05, 4.69) is 10.3 Å². The van der Waals surface area contributed by atoms with Crippen LogP contribution in [-0.4, -0.2) is 24.2 Å². The van der Waals surface area contributed by atoms with E-state index in [1.54, 1.807) is 13.2 Å². The Morgan fingerprint density at radius 1 is 1.41 bits per heavy atom. The maximum absolute atomic E-state index is 12.0. The minimum atomic E-state index is -0.107. The molecule has 3 rings (SSSR count). The number of carbonyl (C=O) groups excluding carboxylic acids is 1. The van der Waals surface area contributed by atoms with Gasteiger partial charge in [0.15, 0.2) is 5.17 Å². The zero-order chi connectivity index (χ0) is 15.4. The molecule has 2 aliphatic rings. The molecule has 0 bridgehead atoms. The summed E-state index contributed by atoms with van der Waals surface area (Å²) in [5.74, 6) is 1.29. The molecule has 1 saturated carbocycles. The highest BCUT2D eigenvalue weighted by atomic mass is 32.2. The maximum atomic E-state index is 12.0. The van der Waals surface area contributed by atoms with Crippen molar-refractivity contribution in [1.29, 1.82) is 0 Å². The zero-order valence-corrected chi connectivity index (χ0v) is 13.4. The van der Waals surface area contributed by atoms with E-state index >= 15 is 0 Å². The Bertz CT molecular complexity index is 600. The van der Waals surface area contributed by atoms with Crippen LogP contribution >= 0.6 is 11.8 Å². The van der Waals surface area contributed by atoms with Crippen molar-refractivity contribution >= 4 is 28.9 Å². The first kappa shape index (κ1) is 15.4. The molecule has 0 spiro atoms. The fraction of sp³-hybridized carbons (Fsp3) is 0.500. The molecule has 0 aromatic carbocycles. The predicted octanol–water partition coefficient (Wildman–Crippen LogP) is 3.32. The molecule has 6 heteroatoms. The molecular weight excluding hydrogens is 300 g/mol. The van der Waals surface area contributed by atoms with Crippen LogP contribution in [0.2, 0.25) is 0 Å². The van der Waals surface area contributed by atoms with Crippen molar-refractivity contribution in [3.63, 3.8) is 0 Å². The standard InChI is InChI=1S/C16H20N2O3S/c1-20-10-13-8-7-12(21-13)9-14-15(19)18-16(22-14)17-11-5-3-2-4-6-11/h7-9,11H,2-6,10H2,1H3,(H,17,18,19)/b14-9+. The van der Waals surface area contributed by atoms with Crippen LogP contribution in [0.3, 0.4) is 0 Å². The summed E-state index contributed by atoms with van der Waals surface area (Å²) >= 11 is 1.39.